The fourth-order valence-electron chi connectivity index (χ4n) is 3.97. The van der Waals surface area contributed by atoms with Crippen molar-refractivity contribution in [2.24, 2.45) is 0 Å². The summed E-state index contributed by atoms with van der Waals surface area (Å²) in [7, 11) is 0. The molecule has 0 spiro atoms. The van der Waals surface area contributed by atoms with E-state index in [1.165, 1.54) is 23.5 Å². The van der Waals surface area contributed by atoms with Gasteiger partial charge in [0.2, 0.25) is 5.91 Å². The second-order valence-corrected chi connectivity index (χ2v) is 9.54. The Kier molecular flexibility index (Phi) is 6.96. The first-order chi connectivity index (χ1) is 17.5. The Labute approximate surface area is 213 Å². The maximum absolute atomic E-state index is 13.5. The van der Waals surface area contributed by atoms with E-state index in [-0.39, 0.29) is 11.7 Å². The molecule has 5 aromatic rings. The Morgan fingerprint density at radius 1 is 0.889 bits per heavy atom. The number of thiazole rings is 1. The predicted octanol–water partition coefficient (Wildman–Crippen LogP) is 7.56. The zero-order valence-corrected chi connectivity index (χ0v) is 20.6. The summed E-state index contributed by atoms with van der Waals surface area (Å²) >= 11 is 1.53. The van der Waals surface area contributed by atoms with Gasteiger partial charge in [-0.1, -0.05) is 54.1 Å². The van der Waals surface area contributed by atoms with Crippen molar-refractivity contribution in [3.8, 4) is 32.3 Å². The lowest BCUT2D eigenvalue weighted by molar-refractivity contribution is -0.116. The number of halogens is 1. The van der Waals surface area contributed by atoms with E-state index in [2.05, 4.69) is 16.4 Å². The number of rotatable bonds is 7. The van der Waals surface area contributed by atoms with Crippen LogP contribution >= 0.6 is 11.3 Å². The molecule has 0 aliphatic rings. The Morgan fingerprint density at radius 3 is 2.47 bits per heavy atom. The van der Waals surface area contributed by atoms with Crippen LogP contribution in [0.3, 0.4) is 0 Å². The van der Waals surface area contributed by atoms with Gasteiger partial charge in [-0.05, 0) is 66.9 Å². The quantitative estimate of drug-likeness (QED) is 0.255. The third-order valence-electron chi connectivity index (χ3n) is 5.78. The molecule has 36 heavy (non-hydrogen) atoms. The highest BCUT2D eigenvalue weighted by Crippen LogP contribution is 2.41. The van der Waals surface area contributed by atoms with Crippen LogP contribution in [0.1, 0.15) is 17.5 Å². The number of pyridine rings is 1. The van der Waals surface area contributed by atoms with Gasteiger partial charge in [0.15, 0.2) is 0 Å². The van der Waals surface area contributed by atoms with Crippen molar-refractivity contribution in [2.75, 3.05) is 5.32 Å². The number of anilines is 1. The van der Waals surface area contributed by atoms with Gasteiger partial charge in [0, 0.05) is 23.7 Å². The summed E-state index contributed by atoms with van der Waals surface area (Å²) in [5.41, 5.74) is 5.86. The van der Waals surface area contributed by atoms with Crippen molar-refractivity contribution in [2.45, 2.75) is 19.8 Å². The van der Waals surface area contributed by atoms with Gasteiger partial charge < -0.3 is 5.32 Å². The summed E-state index contributed by atoms with van der Waals surface area (Å²) in [4.78, 5) is 22.8. The predicted molar refractivity (Wildman–Crippen MR) is 144 cm³/mol. The second kappa shape index (κ2) is 10.6. The van der Waals surface area contributed by atoms with Crippen molar-refractivity contribution in [1.82, 2.24) is 9.97 Å². The summed E-state index contributed by atoms with van der Waals surface area (Å²) in [6.07, 6.45) is 2.74. The van der Waals surface area contributed by atoms with Crippen LogP contribution in [0.15, 0.2) is 97.2 Å². The fraction of sp³-hybridized carbons (Fsp3) is 0.100. The molecule has 3 aromatic carbocycles. The summed E-state index contributed by atoms with van der Waals surface area (Å²) in [6, 6.07) is 28.3. The van der Waals surface area contributed by atoms with Crippen LogP contribution in [-0.2, 0) is 11.2 Å². The fourth-order valence-corrected chi connectivity index (χ4v) is 5.06. The highest BCUT2D eigenvalue weighted by atomic mass is 32.1. The van der Waals surface area contributed by atoms with Gasteiger partial charge in [-0.2, -0.15) is 0 Å². The number of nitrogens with zero attached hydrogens (tertiary/aromatic N) is 2. The number of aromatic nitrogens is 2. The number of benzene rings is 3. The standard InChI is InChI=1S/C30H24FN3OS/c1-20-6-5-9-23(18-20)28-29(36-30(34-28)22-11-13-25(31)14-12-22)24-16-17-32-26(19-24)33-27(35)15-10-21-7-3-2-4-8-21/h2-9,11-14,16-19H,10,15H2,1H3,(H,32,33,35). The molecule has 0 aliphatic heterocycles. The molecule has 0 atom stereocenters. The van der Waals surface area contributed by atoms with E-state index in [4.69, 9.17) is 4.98 Å². The monoisotopic (exact) mass is 493 g/mol. The van der Waals surface area contributed by atoms with E-state index in [0.29, 0.717) is 18.7 Å². The molecule has 6 heteroatoms. The largest absolute Gasteiger partial charge is 0.311 e. The molecule has 0 saturated heterocycles. The van der Waals surface area contributed by atoms with E-state index >= 15 is 0 Å². The molecule has 2 aromatic heterocycles. The Balaban J connectivity index is 1.45. The van der Waals surface area contributed by atoms with E-state index in [1.807, 2.05) is 67.6 Å². The second-order valence-electron chi connectivity index (χ2n) is 8.54. The van der Waals surface area contributed by atoms with Gasteiger partial charge in [-0.25, -0.2) is 14.4 Å². The number of hydrogen-bond acceptors (Lipinski definition) is 4. The van der Waals surface area contributed by atoms with Gasteiger partial charge in [0.1, 0.15) is 16.6 Å². The van der Waals surface area contributed by atoms with Crippen LogP contribution < -0.4 is 5.32 Å². The molecule has 0 saturated carbocycles. The maximum atomic E-state index is 13.5. The van der Waals surface area contributed by atoms with E-state index in [0.717, 1.165) is 43.4 Å². The number of carbonyl (C=O) groups excluding carboxylic acids is 1. The zero-order chi connectivity index (χ0) is 24.9. The summed E-state index contributed by atoms with van der Waals surface area (Å²) in [5.74, 6) is 0.132. The third-order valence-corrected chi connectivity index (χ3v) is 6.94. The highest BCUT2D eigenvalue weighted by Gasteiger charge is 2.17. The molecule has 0 radical (unpaired) electrons. The number of amides is 1. The number of nitrogens with one attached hydrogen (secondary N) is 1. The van der Waals surface area contributed by atoms with Crippen molar-refractivity contribution in [3.63, 3.8) is 0 Å². The Bertz CT molecular complexity index is 1500. The minimum Gasteiger partial charge on any atom is -0.311 e. The lowest BCUT2D eigenvalue weighted by atomic mass is 10.1. The molecule has 1 N–H and O–H groups in total. The normalized spacial score (nSPS) is 10.8. The molecular weight excluding hydrogens is 469 g/mol. The van der Waals surface area contributed by atoms with Gasteiger partial charge in [0.25, 0.3) is 0 Å². The first-order valence-electron chi connectivity index (χ1n) is 11.7. The van der Waals surface area contributed by atoms with Gasteiger partial charge in [0.05, 0.1) is 10.6 Å². The molecule has 5 rings (SSSR count). The number of hydrogen-bond donors (Lipinski definition) is 1. The van der Waals surface area contributed by atoms with Crippen molar-refractivity contribution < 1.29 is 9.18 Å². The van der Waals surface area contributed by atoms with E-state index in [9.17, 15) is 9.18 Å². The van der Waals surface area contributed by atoms with Crippen molar-refractivity contribution >= 4 is 23.1 Å². The third kappa shape index (κ3) is 5.56. The number of aryl methyl sites for hydroxylation is 2. The molecule has 0 unspecified atom stereocenters. The van der Waals surface area contributed by atoms with Gasteiger partial charge >= 0.3 is 0 Å². The molecule has 2 heterocycles. The average Bonchev–Trinajstić information content (AvgIpc) is 3.34. The smallest absolute Gasteiger partial charge is 0.225 e. The van der Waals surface area contributed by atoms with Crippen LogP contribution in [0.5, 0.6) is 0 Å². The Morgan fingerprint density at radius 2 is 1.69 bits per heavy atom. The van der Waals surface area contributed by atoms with E-state index < -0.39 is 0 Å². The summed E-state index contributed by atoms with van der Waals surface area (Å²) in [6.45, 7) is 2.05. The van der Waals surface area contributed by atoms with Crippen molar-refractivity contribution in [1.29, 1.82) is 0 Å². The molecular formula is C30H24FN3OS. The minimum absolute atomic E-state index is 0.0845. The Hall–Kier alpha value is -4.16. The van der Waals surface area contributed by atoms with Crippen LogP contribution in [0.25, 0.3) is 32.3 Å². The van der Waals surface area contributed by atoms with Crippen LogP contribution in [-0.4, -0.2) is 15.9 Å². The topological polar surface area (TPSA) is 54.9 Å². The number of carbonyl (C=O) groups is 1. The van der Waals surface area contributed by atoms with Gasteiger partial charge in [-0.3, -0.25) is 4.79 Å². The van der Waals surface area contributed by atoms with Crippen LogP contribution in [0.2, 0.25) is 0 Å². The minimum atomic E-state index is -0.281. The first kappa shape index (κ1) is 23.6. The lowest BCUT2D eigenvalue weighted by Gasteiger charge is -2.08. The molecule has 0 aliphatic carbocycles. The molecule has 4 nitrogen and oxygen atoms in total. The highest BCUT2D eigenvalue weighted by molar-refractivity contribution is 7.19. The summed E-state index contributed by atoms with van der Waals surface area (Å²) in [5, 5.41) is 3.73. The maximum Gasteiger partial charge on any atom is 0.225 e. The summed E-state index contributed by atoms with van der Waals surface area (Å²) < 4.78 is 13.5. The first-order valence-corrected chi connectivity index (χ1v) is 12.5. The van der Waals surface area contributed by atoms with Gasteiger partial charge in [-0.15, -0.1) is 11.3 Å². The molecule has 0 fully saturated rings. The lowest BCUT2D eigenvalue weighted by Crippen LogP contribution is -2.13. The molecule has 178 valence electrons. The SMILES string of the molecule is Cc1cccc(-c2nc(-c3ccc(F)cc3)sc2-c2ccnc(NC(=O)CCc3ccccc3)c2)c1. The zero-order valence-electron chi connectivity index (χ0n) is 19.7. The van der Waals surface area contributed by atoms with Crippen LogP contribution in [0, 0.1) is 12.7 Å². The van der Waals surface area contributed by atoms with Crippen LogP contribution in [0.4, 0.5) is 10.2 Å². The van der Waals surface area contributed by atoms with Crippen molar-refractivity contribution in [3.05, 3.63) is 114 Å². The molecule has 0 bridgehead atoms. The molecule has 1 amide bonds. The average molecular weight is 494 g/mol. The van der Waals surface area contributed by atoms with E-state index in [1.54, 1.807) is 18.3 Å².